The van der Waals surface area contributed by atoms with Gasteiger partial charge in [-0.05, 0) is 43.7 Å². The highest BCUT2D eigenvalue weighted by Gasteiger charge is 2.20. The van der Waals surface area contributed by atoms with Gasteiger partial charge in [0.1, 0.15) is 10.7 Å². The van der Waals surface area contributed by atoms with Gasteiger partial charge in [0.15, 0.2) is 11.6 Å². The van der Waals surface area contributed by atoms with Gasteiger partial charge in [-0.15, -0.1) is 0 Å². The minimum absolute atomic E-state index is 0.0122. The average Bonchev–Trinajstić information content (AvgIpc) is 2.44. The van der Waals surface area contributed by atoms with Crippen LogP contribution in [-0.2, 0) is 10.0 Å². The largest absolute Gasteiger partial charge is 0.491 e. The zero-order valence-electron chi connectivity index (χ0n) is 12.1. The zero-order chi connectivity index (χ0) is 16.3. The summed E-state index contributed by atoms with van der Waals surface area (Å²) in [4.78, 5) is -0.484. The first-order chi connectivity index (χ1) is 10.3. The van der Waals surface area contributed by atoms with Crippen LogP contribution in [0.5, 0.6) is 5.75 Å². The summed E-state index contributed by atoms with van der Waals surface area (Å²) >= 11 is 0. The molecule has 2 aromatic carbocycles. The summed E-state index contributed by atoms with van der Waals surface area (Å²) in [6.45, 7) is 3.64. The normalized spacial score (nSPS) is 11.3. The Bertz CT molecular complexity index is 791. The summed E-state index contributed by atoms with van der Waals surface area (Å²) in [6, 6.07) is 7.38. The first-order valence-electron chi connectivity index (χ1n) is 6.55. The SMILES string of the molecule is CCOc1ccc(NS(=O)(=O)c2cc(C)ccc2F)cc1F. The third kappa shape index (κ3) is 3.54. The van der Waals surface area contributed by atoms with Crippen LogP contribution in [-0.4, -0.2) is 15.0 Å². The Morgan fingerprint density at radius 3 is 2.45 bits per heavy atom. The predicted molar refractivity (Wildman–Crippen MR) is 79.5 cm³/mol. The lowest BCUT2D eigenvalue weighted by molar-refractivity contribution is 0.321. The van der Waals surface area contributed by atoms with Gasteiger partial charge >= 0.3 is 0 Å². The number of aryl methyl sites for hydroxylation is 1. The number of rotatable bonds is 5. The van der Waals surface area contributed by atoms with E-state index >= 15 is 0 Å². The van der Waals surface area contributed by atoms with E-state index in [-0.39, 0.29) is 18.0 Å². The third-order valence-corrected chi connectivity index (χ3v) is 4.26. The topological polar surface area (TPSA) is 55.4 Å². The summed E-state index contributed by atoms with van der Waals surface area (Å²) in [5.74, 6) is -1.55. The number of benzene rings is 2. The number of halogens is 2. The van der Waals surface area contributed by atoms with Crippen molar-refractivity contribution in [3.05, 3.63) is 53.6 Å². The molecule has 0 aliphatic rings. The van der Waals surface area contributed by atoms with Crippen LogP contribution in [0.1, 0.15) is 12.5 Å². The summed E-state index contributed by atoms with van der Waals surface area (Å²) < 4.78 is 59.0. The van der Waals surface area contributed by atoms with Crippen LogP contribution in [0.15, 0.2) is 41.3 Å². The Morgan fingerprint density at radius 1 is 1.09 bits per heavy atom. The van der Waals surface area contributed by atoms with Crippen molar-refractivity contribution in [2.45, 2.75) is 18.7 Å². The van der Waals surface area contributed by atoms with Gasteiger partial charge in [-0.3, -0.25) is 4.72 Å². The van der Waals surface area contributed by atoms with E-state index < -0.39 is 26.6 Å². The van der Waals surface area contributed by atoms with E-state index in [2.05, 4.69) is 4.72 Å². The van der Waals surface area contributed by atoms with Crippen LogP contribution in [0.2, 0.25) is 0 Å². The molecule has 0 spiro atoms. The highest BCUT2D eigenvalue weighted by atomic mass is 32.2. The molecular formula is C15H15F2NO3S. The smallest absolute Gasteiger partial charge is 0.264 e. The van der Waals surface area contributed by atoms with Crippen LogP contribution >= 0.6 is 0 Å². The van der Waals surface area contributed by atoms with Crippen LogP contribution < -0.4 is 9.46 Å². The molecule has 1 N–H and O–H groups in total. The molecular weight excluding hydrogens is 312 g/mol. The van der Waals surface area contributed by atoms with Gasteiger partial charge in [0.2, 0.25) is 0 Å². The molecule has 2 aromatic rings. The van der Waals surface area contributed by atoms with Gasteiger partial charge in [-0.2, -0.15) is 0 Å². The van der Waals surface area contributed by atoms with Crippen molar-refractivity contribution in [1.29, 1.82) is 0 Å². The zero-order valence-corrected chi connectivity index (χ0v) is 12.9. The van der Waals surface area contributed by atoms with Crippen molar-refractivity contribution in [3.63, 3.8) is 0 Å². The van der Waals surface area contributed by atoms with Crippen molar-refractivity contribution in [2.75, 3.05) is 11.3 Å². The molecule has 0 radical (unpaired) electrons. The number of anilines is 1. The quantitative estimate of drug-likeness (QED) is 0.915. The molecule has 0 atom stereocenters. The molecule has 0 saturated carbocycles. The minimum Gasteiger partial charge on any atom is -0.491 e. The summed E-state index contributed by atoms with van der Waals surface area (Å²) in [5.41, 5.74) is 0.585. The van der Waals surface area contributed by atoms with Gasteiger partial charge in [-0.1, -0.05) is 6.07 Å². The second-order valence-electron chi connectivity index (χ2n) is 4.62. The third-order valence-electron chi connectivity index (χ3n) is 2.86. The first kappa shape index (κ1) is 16.2. The highest BCUT2D eigenvalue weighted by Crippen LogP contribution is 2.24. The second-order valence-corrected chi connectivity index (χ2v) is 6.27. The second kappa shape index (κ2) is 6.31. The van der Waals surface area contributed by atoms with E-state index in [4.69, 9.17) is 4.74 Å². The first-order valence-corrected chi connectivity index (χ1v) is 8.03. The number of hydrogen-bond donors (Lipinski definition) is 1. The van der Waals surface area contributed by atoms with E-state index in [1.807, 2.05) is 0 Å². The molecule has 4 nitrogen and oxygen atoms in total. The van der Waals surface area contributed by atoms with Crippen LogP contribution in [0.4, 0.5) is 14.5 Å². The van der Waals surface area contributed by atoms with E-state index in [0.717, 1.165) is 12.1 Å². The molecule has 0 aromatic heterocycles. The fourth-order valence-corrected chi connectivity index (χ4v) is 3.08. The molecule has 2 rings (SSSR count). The van der Waals surface area contributed by atoms with Gasteiger partial charge in [0, 0.05) is 6.07 Å². The maximum atomic E-state index is 13.7. The van der Waals surface area contributed by atoms with Gasteiger partial charge in [-0.25, -0.2) is 17.2 Å². The molecule has 7 heteroatoms. The Morgan fingerprint density at radius 2 is 1.82 bits per heavy atom. The summed E-state index contributed by atoms with van der Waals surface area (Å²) in [6.07, 6.45) is 0. The fraction of sp³-hybridized carbons (Fsp3) is 0.200. The van der Waals surface area contributed by atoms with Crippen molar-refractivity contribution in [3.8, 4) is 5.75 Å². The van der Waals surface area contributed by atoms with Crippen LogP contribution in [0, 0.1) is 18.6 Å². The molecule has 0 aliphatic heterocycles. The Kier molecular flexibility index (Phi) is 4.65. The molecule has 118 valence electrons. The Balaban J connectivity index is 2.33. The maximum absolute atomic E-state index is 13.7. The number of sulfonamides is 1. The summed E-state index contributed by atoms with van der Waals surface area (Å²) in [5, 5.41) is 0. The summed E-state index contributed by atoms with van der Waals surface area (Å²) in [7, 11) is -4.14. The number of nitrogens with one attached hydrogen (secondary N) is 1. The van der Waals surface area contributed by atoms with Crippen molar-refractivity contribution >= 4 is 15.7 Å². The van der Waals surface area contributed by atoms with Crippen molar-refractivity contribution < 1.29 is 21.9 Å². The highest BCUT2D eigenvalue weighted by molar-refractivity contribution is 7.92. The molecule has 0 heterocycles. The van der Waals surface area contributed by atoms with Gasteiger partial charge < -0.3 is 4.74 Å². The van der Waals surface area contributed by atoms with E-state index in [1.54, 1.807) is 13.8 Å². The predicted octanol–water partition coefficient (Wildman–Crippen LogP) is 3.47. The average molecular weight is 327 g/mol. The van der Waals surface area contributed by atoms with E-state index in [1.165, 1.54) is 24.3 Å². The minimum atomic E-state index is -4.14. The molecule has 0 aliphatic carbocycles. The standard InChI is InChI=1S/C15H15F2NO3S/c1-3-21-14-7-5-11(9-13(14)17)18-22(19,20)15-8-10(2)4-6-12(15)16/h4-9,18H,3H2,1-2H3. The molecule has 0 fully saturated rings. The number of ether oxygens (including phenoxy) is 1. The monoisotopic (exact) mass is 327 g/mol. The van der Waals surface area contributed by atoms with E-state index in [9.17, 15) is 17.2 Å². The lowest BCUT2D eigenvalue weighted by Crippen LogP contribution is -2.15. The molecule has 0 unspecified atom stereocenters. The number of hydrogen-bond acceptors (Lipinski definition) is 3. The van der Waals surface area contributed by atoms with Gasteiger partial charge in [0.25, 0.3) is 10.0 Å². The molecule has 0 saturated heterocycles. The molecule has 0 bridgehead atoms. The van der Waals surface area contributed by atoms with E-state index in [0.29, 0.717) is 5.56 Å². The van der Waals surface area contributed by atoms with Crippen molar-refractivity contribution in [1.82, 2.24) is 0 Å². The molecule has 22 heavy (non-hydrogen) atoms. The van der Waals surface area contributed by atoms with Crippen LogP contribution in [0.25, 0.3) is 0 Å². The van der Waals surface area contributed by atoms with Gasteiger partial charge in [0.05, 0.1) is 12.3 Å². The Hall–Kier alpha value is -2.15. The lowest BCUT2D eigenvalue weighted by Gasteiger charge is -2.11. The fourth-order valence-electron chi connectivity index (χ4n) is 1.86. The lowest BCUT2D eigenvalue weighted by atomic mass is 10.2. The molecule has 0 amide bonds. The Labute approximate surface area is 127 Å². The maximum Gasteiger partial charge on any atom is 0.264 e. The van der Waals surface area contributed by atoms with Crippen molar-refractivity contribution in [2.24, 2.45) is 0 Å². The van der Waals surface area contributed by atoms with Crippen LogP contribution in [0.3, 0.4) is 0 Å².